The normalized spacial score (nSPS) is 11.8. The lowest BCUT2D eigenvalue weighted by molar-refractivity contribution is -0.141. The number of carbonyl (C=O) groups is 2. The van der Waals surface area contributed by atoms with E-state index in [2.05, 4.69) is 0 Å². The number of amides is 2. The first kappa shape index (κ1) is 15.3. The lowest BCUT2D eigenvalue weighted by Gasteiger charge is -2.29. The van der Waals surface area contributed by atoms with Crippen LogP contribution in [0.25, 0.3) is 0 Å². The van der Waals surface area contributed by atoms with Crippen molar-refractivity contribution in [3.05, 3.63) is 34.9 Å². The zero-order valence-corrected chi connectivity index (χ0v) is 11.9. The zero-order valence-electron chi connectivity index (χ0n) is 11.1. The smallest absolute Gasteiger partial charge is 0.326 e. The fourth-order valence-electron chi connectivity index (χ4n) is 1.55. The van der Waals surface area contributed by atoms with E-state index in [1.807, 2.05) is 0 Å². The van der Waals surface area contributed by atoms with E-state index in [0.29, 0.717) is 5.02 Å². The van der Waals surface area contributed by atoms with Crippen molar-refractivity contribution in [3.63, 3.8) is 0 Å². The molecule has 0 saturated heterocycles. The van der Waals surface area contributed by atoms with Gasteiger partial charge in [0.05, 0.1) is 0 Å². The molecule has 0 aliphatic carbocycles. The van der Waals surface area contributed by atoms with E-state index in [9.17, 15) is 9.59 Å². The van der Waals surface area contributed by atoms with E-state index in [0.717, 1.165) is 5.56 Å². The van der Waals surface area contributed by atoms with E-state index < -0.39 is 12.0 Å². The first-order valence-electron chi connectivity index (χ1n) is 5.78. The Morgan fingerprint density at radius 3 is 2.21 bits per heavy atom. The molecule has 1 aromatic rings. The molecule has 104 valence electrons. The highest BCUT2D eigenvalue weighted by Crippen LogP contribution is 2.14. The van der Waals surface area contributed by atoms with Gasteiger partial charge in [-0.3, -0.25) is 0 Å². The Morgan fingerprint density at radius 1 is 1.26 bits per heavy atom. The fraction of sp³-hybridized carbons (Fsp3) is 0.385. The highest BCUT2D eigenvalue weighted by atomic mass is 35.5. The van der Waals surface area contributed by atoms with Gasteiger partial charge in [0.1, 0.15) is 6.04 Å². The number of carbonyl (C=O) groups excluding carboxylic acids is 1. The number of hydrogen-bond acceptors (Lipinski definition) is 2. The number of aliphatic carboxylic acids is 1. The van der Waals surface area contributed by atoms with Crippen molar-refractivity contribution in [1.29, 1.82) is 0 Å². The minimum atomic E-state index is -1.04. The first-order valence-corrected chi connectivity index (χ1v) is 6.16. The number of rotatable bonds is 4. The SMILES string of the molecule is C[C@H](C(=O)O)N(Cc1ccc(Cl)cc1)C(=O)N(C)C. The monoisotopic (exact) mass is 284 g/mol. The average molecular weight is 285 g/mol. The zero-order chi connectivity index (χ0) is 14.6. The molecule has 0 heterocycles. The van der Waals surface area contributed by atoms with E-state index in [-0.39, 0.29) is 12.6 Å². The molecule has 0 aromatic heterocycles. The van der Waals surface area contributed by atoms with Gasteiger partial charge in [-0.25, -0.2) is 9.59 Å². The van der Waals surface area contributed by atoms with E-state index in [1.54, 1.807) is 38.4 Å². The summed E-state index contributed by atoms with van der Waals surface area (Å²) in [7, 11) is 3.18. The quantitative estimate of drug-likeness (QED) is 0.923. The van der Waals surface area contributed by atoms with Crippen LogP contribution in [0.5, 0.6) is 0 Å². The van der Waals surface area contributed by atoms with Gasteiger partial charge in [-0.2, -0.15) is 0 Å². The van der Waals surface area contributed by atoms with Gasteiger partial charge in [-0.05, 0) is 24.6 Å². The van der Waals surface area contributed by atoms with Gasteiger partial charge in [-0.1, -0.05) is 23.7 Å². The molecule has 19 heavy (non-hydrogen) atoms. The van der Waals surface area contributed by atoms with Gasteiger partial charge < -0.3 is 14.9 Å². The average Bonchev–Trinajstić information content (AvgIpc) is 2.36. The van der Waals surface area contributed by atoms with Gasteiger partial charge in [0.2, 0.25) is 0 Å². The van der Waals surface area contributed by atoms with Crippen molar-refractivity contribution in [2.75, 3.05) is 14.1 Å². The predicted molar refractivity (Wildman–Crippen MR) is 73.2 cm³/mol. The van der Waals surface area contributed by atoms with Crippen LogP contribution in [0.4, 0.5) is 4.79 Å². The summed E-state index contributed by atoms with van der Waals surface area (Å²) >= 11 is 5.79. The summed E-state index contributed by atoms with van der Waals surface area (Å²) in [4.78, 5) is 25.8. The molecule has 0 saturated carbocycles. The Balaban J connectivity index is 2.94. The minimum absolute atomic E-state index is 0.224. The summed E-state index contributed by atoms with van der Waals surface area (Å²) in [6.07, 6.45) is 0. The molecular weight excluding hydrogens is 268 g/mol. The Morgan fingerprint density at radius 2 is 1.79 bits per heavy atom. The molecule has 0 unspecified atom stereocenters. The second kappa shape index (κ2) is 6.43. The van der Waals surface area contributed by atoms with Crippen LogP contribution in [0.15, 0.2) is 24.3 Å². The Labute approximate surface area is 117 Å². The molecule has 0 aliphatic heterocycles. The van der Waals surface area contributed by atoms with E-state index in [4.69, 9.17) is 16.7 Å². The van der Waals surface area contributed by atoms with Crippen LogP contribution in [0.3, 0.4) is 0 Å². The number of carboxylic acid groups (broad SMARTS) is 1. The van der Waals surface area contributed by atoms with Crippen molar-refractivity contribution in [2.24, 2.45) is 0 Å². The Hall–Kier alpha value is -1.75. The van der Waals surface area contributed by atoms with Crippen molar-refractivity contribution in [2.45, 2.75) is 19.5 Å². The van der Waals surface area contributed by atoms with Crippen molar-refractivity contribution >= 4 is 23.6 Å². The van der Waals surface area contributed by atoms with E-state index >= 15 is 0 Å². The van der Waals surface area contributed by atoms with Gasteiger partial charge in [-0.15, -0.1) is 0 Å². The maximum absolute atomic E-state index is 12.0. The summed E-state index contributed by atoms with van der Waals surface area (Å²) in [6, 6.07) is 5.72. The van der Waals surface area contributed by atoms with Crippen LogP contribution in [0, 0.1) is 0 Å². The van der Waals surface area contributed by atoms with Crippen molar-refractivity contribution in [3.8, 4) is 0 Å². The second-order valence-corrected chi connectivity index (χ2v) is 4.88. The third kappa shape index (κ3) is 4.13. The predicted octanol–water partition coefficient (Wildman–Crippen LogP) is 2.30. The summed E-state index contributed by atoms with van der Waals surface area (Å²) in [5.41, 5.74) is 0.827. The third-order valence-electron chi connectivity index (χ3n) is 2.72. The number of urea groups is 1. The van der Waals surface area contributed by atoms with Crippen LogP contribution < -0.4 is 0 Å². The van der Waals surface area contributed by atoms with Crippen LogP contribution >= 0.6 is 11.6 Å². The van der Waals surface area contributed by atoms with Crippen LogP contribution in [0.2, 0.25) is 5.02 Å². The first-order chi connectivity index (χ1) is 8.82. The molecule has 1 aromatic carbocycles. The molecular formula is C13H17ClN2O3. The number of hydrogen-bond donors (Lipinski definition) is 1. The Kier molecular flexibility index (Phi) is 5.18. The Bertz CT molecular complexity index is 459. The van der Waals surface area contributed by atoms with Gasteiger partial charge >= 0.3 is 12.0 Å². The minimum Gasteiger partial charge on any atom is -0.480 e. The largest absolute Gasteiger partial charge is 0.480 e. The lowest BCUT2D eigenvalue weighted by atomic mass is 10.2. The topological polar surface area (TPSA) is 60.9 Å². The number of carboxylic acids is 1. The maximum Gasteiger partial charge on any atom is 0.326 e. The molecule has 0 spiro atoms. The summed E-state index contributed by atoms with van der Waals surface area (Å²) in [5.74, 6) is -1.04. The van der Waals surface area contributed by atoms with Crippen LogP contribution in [-0.4, -0.2) is 47.0 Å². The highest BCUT2D eigenvalue weighted by Gasteiger charge is 2.26. The number of halogens is 1. The molecule has 0 bridgehead atoms. The van der Waals surface area contributed by atoms with Crippen LogP contribution in [0.1, 0.15) is 12.5 Å². The molecule has 1 rings (SSSR count). The molecule has 1 N–H and O–H groups in total. The molecule has 0 radical (unpaired) electrons. The molecule has 1 atom stereocenters. The lowest BCUT2D eigenvalue weighted by Crippen LogP contribution is -2.47. The van der Waals surface area contributed by atoms with Crippen molar-refractivity contribution in [1.82, 2.24) is 9.80 Å². The van der Waals surface area contributed by atoms with Crippen molar-refractivity contribution < 1.29 is 14.7 Å². The van der Waals surface area contributed by atoms with E-state index in [1.165, 1.54) is 16.7 Å². The molecule has 6 heteroatoms. The standard InChI is InChI=1S/C13H17ClN2O3/c1-9(12(17)18)16(13(19)15(2)3)8-10-4-6-11(14)7-5-10/h4-7,9H,8H2,1-3H3,(H,17,18)/t9-/m1/s1. The number of benzene rings is 1. The third-order valence-corrected chi connectivity index (χ3v) is 2.97. The maximum atomic E-state index is 12.0. The van der Waals surface area contributed by atoms with Gasteiger partial charge in [0.25, 0.3) is 0 Å². The summed E-state index contributed by atoms with van der Waals surface area (Å²) in [5, 5.41) is 9.67. The summed E-state index contributed by atoms with van der Waals surface area (Å²) in [6.45, 7) is 1.71. The molecule has 0 fully saturated rings. The van der Waals surface area contributed by atoms with Gasteiger partial charge in [0.15, 0.2) is 0 Å². The number of nitrogens with zero attached hydrogens (tertiary/aromatic N) is 2. The van der Waals surface area contributed by atoms with Crippen LogP contribution in [-0.2, 0) is 11.3 Å². The fourth-order valence-corrected chi connectivity index (χ4v) is 1.67. The summed E-state index contributed by atoms with van der Waals surface area (Å²) < 4.78 is 0. The molecule has 2 amide bonds. The molecule has 0 aliphatic rings. The second-order valence-electron chi connectivity index (χ2n) is 4.45. The molecule has 5 nitrogen and oxygen atoms in total. The highest BCUT2D eigenvalue weighted by molar-refractivity contribution is 6.30. The van der Waals surface area contributed by atoms with Gasteiger partial charge in [0, 0.05) is 25.7 Å².